The third kappa shape index (κ3) is 4.45. The molecule has 1 saturated heterocycles. The van der Waals surface area contributed by atoms with Crippen LogP contribution >= 0.6 is 0 Å². The van der Waals surface area contributed by atoms with E-state index in [4.69, 9.17) is 5.73 Å². The van der Waals surface area contributed by atoms with E-state index in [-0.39, 0.29) is 0 Å². The highest BCUT2D eigenvalue weighted by Crippen LogP contribution is 2.27. The van der Waals surface area contributed by atoms with Gasteiger partial charge in [-0.25, -0.2) is 0 Å². The molecule has 0 aromatic carbocycles. The topological polar surface area (TPSA) is 49.6 Å². The second-order valence-corrected chi connectivity index (χ2v) is 6.77. The van der Waals surface area contributed by atoms with Crippen molar-refractivity contribution in [3.8, 4) is 0 Å². The second kappa shape index (κ2) is 7.41. The molecule has 2 aliphatic rings. The number of nitrogens with zero attached hydrogens (tertiary/aromatic N) is 2. The Bertz CT molecular complexity index is 307. The van der Waals surface area contributed by atoms with Crippen molar-refractivity contribution in [2.75, 3.05) is 32.7 Å². The van der Waals surface area contributed by atoms with Gasteiger partial charge >= 0.3 is 0 Å². The van der Waals surface area contributed by atoms with Crippen molar-refractivity contribution in [1.82, 2.24) is 9.80 Å². The lowest BCUT2D eigenvalue weighted by atomic mass is 9.88. The summed E-state index contributed by atoms with van der Waals surface area (Å²) in [6.45, 7) is 9.21. The van der Waals surface area contributed by atoms with Crippen LogP contribution in [0.15, 0.2) is 0 Å². The van der Waals surface area contributed by atoms with Crippen LogP contribution in [0.1, 0.15) is 46.0 Å². The molecule has 20 heavy (non-hydrogen) atoms. The fourth-order valence-electron chi connectivity index (χ4n) is 3.27. The average molecular weight is 281 g/mol. The number of hydrogen-bond acceptors (Lipinski definition) is 3. The average Bonchev–Trinajstić information content (AvgIpc) is 3.27. The molecule has 1 heterocycles. The fourth-order valence-corrected chi connectivity index (χ4v) is 3.27. The van der Waals surface area contributed by atoms with E-state index in [0.29, 0.717) is 24.2 Å². The zero-order chi connectivity index (χ0) is 14.5. The summed E-state index contributed by atoms with van der Waals surface area (Å²) in [6, 6.07) is 0.835. The minimum absolute atomic E-state index is 0.350. The van der Waals surface area contributed by atoms with Crippen LogP contribution in [0.5, 0.6) is 0 Å². The Morgan fingerprint density at radius 1 is 1.15 bits per heavy atom. The molecular weight excluding hydrogens is 250 g/mol. The van der Waals surface area contributed by atoms with Gasteiger partial charge in [0.25, 0.3) is 0 Å². The molecule has 2 N–H and O–H groups in total. The van der Waals surface area contributed by atoms with Crippen molar-refractivity contribution < 1.29 is 4.79 Å². The molecule has 0 bridgehead atoms. The third-order valence-electron chi connectivity index (χ3n) is 4.94. The molecule has 0 aromatic rings. The molecule has 4 nitrogen and oxygen atoms in total. The van der Waals surface area contributed by atoms with E-state index in [1.165, 1.54) is 12.8 Å². The molecule has 0 aromatic heterocycles. The first-order chi connectivity index (χ1) is 9.61. The van der Waals surface area contributed by atoms with Crippen LogP contribution in [0.4, 0.5) is 0 Å². The summed E-state index contributed by atoms with van der Waals surface area (Å²) in [5.74, 6) is 1.57. The minimum Gasteiger partial charge on any atom is -0.340 e. The number of carbonyl (C=O) groups excluding carboxylic acids is 1. The SMILES string of the molecule is CC(C)C(CCN)CCC(=O)N1CCN(C2CC2)CC1. The zero-order valence-electron chi connectivity index (χ0n) is 13.2. The van der Waals surface area contributed by atoms with Crippen LogP contribution in [0.2, 0.25) is 0 Å². The van der Waals surface area contributed by atoms with Crippen molar-refractivity contribution >= 4 is 5.91 Å². The first kappa shape index (κ1) is 15.8. The van der Waals surface area contributed by atoms with Crippen molar-refractivity contribution in [1.29, 1.82) is 0 Å². The lowest BCUT2D eigenvalue weighted by molar-refractivity contribution is -0.133. The largest absolute Gasteiger partial charge is 0.340 e. The van der Waals surface area contributed by atoms with Crippen molar-refractivity contribution in [3.63, 3.8) is 0 Å². The minimum atomic E-state index is 0.350. The summed E-state index contributed by atoms with van der Waals surface area (Å²) in [6.07, 6.45) is 5.47. The summed E-state index contributed by atoms with van der Waals surface area (Å²) in [4.78, 5) is 16.9. The summed E-state index contributed by atoms with van der Waals surface area (Å²) in [7, 11) is 0. The van der Waals surface area contributed by atoms with E-state index < -0.39 is 0 Å². The lowest BCUT2D eigenvalue weighted by Crippen LogP contribution is -2.49. The van der Waals surface area contributed by atoms with Gasteiger partial charge in [-0.05, 0) is 44.1 Å². The maximum Gasteiger partial charge on any atom is 0.222 e. The van der Waals surface area contributed by atoms with E-state index >= 15 is 0 Å². The van der Waals surface area contributed by atoms with Crippen LogP contribution in [-0.4, -0.2) is 54.5 Å². The number of nitrogens with two attached hydrogens (primary N) is 1. The lowest BCUT2D eigenvalue weighted by Gasteiger charge is -2.35. The maximum atomic E-state index is 12.3. The van der Waals surface area contributed by atoms with Gasteiger partial charge in [0.15, 0.2) is 0 Å². The number of rotatable bonds is 7. The Morgan fingerprint density at radius 3 is 2.30 bits per heavy atom. The molecule has 2 rings (SSSR count). The van der Waals surface area contributed by atoms with Gasteiger partial charge in [-0.1, -0.05) is 13.8 Å². The van der Waals surface area contributed by atoms with Crippen LogP contribution in [0.3, 0.4) is 0 Å². The van der Waals surface area contributed by atoms with Crippen LogP contribution < -0.4 is 5.73 Å². The summed E-state index contributed by atoms with van der Waals surface area (Å²) >= 11 is 0. The first-order valence-electron chi connectivity index (χ1n) is 8.33. The van der Waals surface area contributed by atoms with Crippen molar-refractivity contribution in [2.24, 2.45) is 17.6 Å². The predicted molar refractivity (Wildman–Crippen MR) is 82.4 cm³/mol. The standard InChI is InChI=1S/C16H31N3O/c1-13(2)14(7-8-17)3-6-16(20)19-11-9-18(10-12-19)15-4-5-15/h13-15H,3-12,17H2,1-2H3. The molecule has 1 aliphatic carbocycles. The molecule has 1 atom stereocenters. The monoisotopic (exact) mass is 281 g/mol. The summed E-state index contributed by atoms with van der Waals surface area (Å²) in [5.41, 5.74) is 5.67. The molecule has 2 fully saturated rings. The molecular formula is C16H31N3O. The smallest absolute Gasteiger partial charge is 0.222 e. The second-order valence-electron chi connectivity index (χ2n) is 6.77. The summed E-state index contributed by atoms with van der Waals surface area (Å²) < 4.78 is 0. The van der Waals surface area contributed by atoms with E-state index in [1.807, 2.05) is 0 Å². The highest BCUT2D eigenvalue weighted by molar-refractivity contribution is 5.76. The van der Waals surface area contributed by atoms with Gasteiger partial charge in [-0.15, -0.1) is 0 Å². The van der Waals surface area contributed by atoms with E-state index in [9.17, 15) is 4.79 Å². The third-order valence-corrected chi connectivity index (χ3v) is 4.94. The number of amides is 1. The quantitative estimate of drug-likeness (QED) is 0.772. The highest BCUT2D eigenvalue weighted by atomic mass is 16.2. The van der Waals surface area contributed by atoms with E-state index in [2.05, 4.69) is 23.6 Å². The Hall–Kier alpha value is -0.610. The van der Waals surface area contributed by atoms with Crippen LogP contribution in [-0.2, 0) is 4.79 Å². The van der Waals surface area contributed by atoms with Gasteiger partial charge < -0.3 is 10.6 Å². The molecule has 1 unspecified atom stereocenters. The van der Waals surface area contributed by atoms with Gasteiger partial charge in [-0.2, -0.15) is 0 Å². The van der Waals surface area contributed by atoms with Gasteiger partial charge in [0.1, 0.15) is 0 Å². The Balaban J connectivity index is 1.69. The molecule has 1 amide bonds. The molecule has 116 valence electrons. The number of piperazine rings is 1. The Morgan fingerprint density at radius 2 is 1.80 bits per heavy atom. The van der Waals surface area contributed by atoms with E-state index in [1.54, 1.807) is 0 Å². The number of carbonyl (C=O) groups is 1. The predicted octanol–water partition coefficient (Wildman–Crippen LogP) is 1.69. The molecule has 0 spiro atoms. The highest BCUT2D eigenvalue weighted by Gasteiger charge is 2.32. The zero-order valence-corrected chi connectivity index (χ0v) is 13.2. The van der Waals surface area contributed by atoms with Crippen molar-refractivity contribution in [3.05, 3.63) is 0 Å². The van der Waals surface area contributed by atoms with Crippen molar-refractivity contribution in [2.45, 2.75) is 52.0 Å². The molecule has 4 heteroatoms. The Labute approximate surface area is 123 Å². The van der Waals surface area contributed by atoms with Crippen LogP contribution in [0.25, 0.3) is 0 Å². The normalized spacial score (nSPS) is 22.3. The van der Waals surface area contributed by atoms with Gasteiger partial charge in [-0.3, -0.25) is 9.69 Å². The molecule has 1 aliphatic heterocycles. The summed E-state index contributed by atoms with van der Waals surface area (Å²) in [5, 5.41) is 0. The van der Waals surface area contributed by atoms with E-state index in [0.717, 1.165) is 51.6 Å². The van der Waals surface area contributed by atoms with Crippen LogP contribution in [0, 0.1) is 11.8 Å². The van der Waals surface area contributed by atoms with Gasteiger partial charge in [0.05, 0.1) is 0 Å². The molecule has 1 saturated carbocycles. The first-order valence-corrected chi connectivity index (χ1v) is 8.33. The fraction of sp³-hybridized carbons (Fsp3) is 0.938. The number of hydrogen-bond donors (Lipinski definition) is 1. The maximum absolute atomic E-state index is 12.3. The molecule has 0 radical (unpaired) electrons. The van der Waals surface area contributed by atoms with Gasteiger partial charge in [0, 0.05) is 38.6 Å². The Kier molecular flexibility index (Phi) is 5.85. The van der Waals surface area contributed by atoms with Gasteiger partial charge in [0.2, 0.25) is 5.91 Å².